The number of aromatic nitrogens is 6. The molecule has 1 fully saturated rings. The van der Waals surface area contributed by atoms with Crippen LogP contribution in [0, 0.1) is 0 Å². The van der Waals surface area contributed by atoms with Crippen molar-refractivity contribution in [1.82, 2.24) is 34.5 Å². The molecular formula is C45H81Br2ClN10O6Si4. The molecule has 23 heteroatoms. The van der Waals surface area contributed by atoms with Crippen LogP contribution in [0.4, 0.5) is 22.2 Å². The number of nitrogens with zero attached hydrogens (tertiary/aromatic N) is 9. The van der Waals surface area contributed by atoms with E-state index in [2.05, 4.69) is 141 Å². The molecule has 0 aliphatic carbocycles. The van der Waals surface area contributed by atoms with Crippen LogP contribution in [0.1, 0.15) is 27.2 Å². The molecule has 1 amide bonds. The van der Waals surface area contributed by atoms with Crippen LogP contribution in [0.5, 0.6) is 0 Å². The number of ether oxygens (including phenoxy) is 5. The van der Waals surface area contributed by atoms with Gasteiger partial charge in [-0.05, 0) is 83.2 Å². The summed E-state index contributed by atoms with van der Waals surface area (Å²) < 4.78 is 35.0. The second kappa shape index (κ2) is 25.5. The molecule has 384 valence electrons. The molecule has 0 aromatic carbocycles. The van der Waals surface area contributed by atoms with Gasteiger partial charge < -0.3 is 43.7 Å². The number of hydrogen-bond donors (Lipinski definition) is 1. The Kier molecular flexibility index (Phi) is 21.9. The lowest BCUT2D eigenvalue weighted by molar-refractivity contribution is 0.0508. The zero-order valence-electron chi connectivity index (χ0n) is 43.6. The average Bonchev–Trinajstić information content (AvgIpc) is 3.92. The van der Waals surface area contributed by atoms with Gasteiger partial charge in [0.2, 0.25) is 0 Å². The van der Waals surface area contributed by atoms with E-state index in [4.69, 9.17) is 40.3 Å². The molecular weight excluding hydrogens is 1080 g/mol. The SMILES string of the molecule is CC(C)(C)OC(=O)N[C@H]1CCN(c2cc(N(COCC[Si](C)(C)C)COCC[Si](C)(C)C)n3ncc(Br)c3n2)C1.C[Si](C)(C)CCOCN(COCC[Si](C)(C)C)c1cc(Cl)nc2c(Br)cnn12. The number of carbonyl (C=O) groups excluding carboxylic acids is 1. The van der Waals surface area contributed by atoms with Gasteiger partial charge in [-0.25, -0.2) is 14.8 Å². The second-order valence-corrected chi connectivity index (χ2v) is 48.0. The first kappa shape index (κ1) is 58.4. The molecule has 0 spiro atoms. The molecule has 4 aromatic rings. The third-order valence-electron chi connectivity index (χ3n) is 10.6. The molecule has 0 unspecified atom stereocenters. The van der Waals surface area contributed by atoms with Crippen LogP contribution in [0.15, 0.2) is 33.5 Å². The van der Waals surface area contributed by atoms with E-state index in [9.17, 15) is 4.79 Å². The Hall–Kier alpha value is -2.13. The fourth-order valence-electron chi connectivity index (χ4n) is 6.52. The van der Waals surface area contributed by atoms with Crippen molar-refractivity contribution in [3.8, 4) is 0 Å². The first-order valence-corrected chi connectivity index (χ1v) is 40.6. The Bertz CT molecular complexity index is 2160. The third-order valence-corrected chi connectivity index (χ3v) is 18.8. The molecule has 0 radical (unpaired) electrons. The van der Waals surface area contributed by atoms with Gasteiger partial charge in [0.1, 0.15) is 55.1 Å². The smallest absolute Gasteiger partial charge is 0.407 e. The van der Waals surface area contributed by atoms with Gasteiger partial charge in [-0.15, -0.1) is 0 Å². The zero-order valence-corrected chi connectivity index (χ0v) is 51.5. The summed E-state index contributed by atoms with van der Waals surface area (Å²) in [6, 6.07) is 8.27. The van der Waals surface area contributed by atoms with E-state index in [1.165, 1.54) is 0 Å². The minimum atomic E-state index is -1.21. The minimum absolute atomic E-state index is 0.0180. The molecule has 1 aliphatic heterocycles. The highest BCUT2D eigenvalue weighted by Crippen LogP contribution is 2.30. The average molecular weight is 1170 g/mol. The number of anilines is 3. The van der Waals surface area contributed by atoms with Crippen LogP contribution in [0.2, 0.25) is 108 Å². The summed E-state index contributed by atoms with van der Waals surface area (Å²) in [5, 5.41) is 12.5. The highest BCUT2D eigenvalue weighted by atomic mass is 79.9. The van der Waals surface area contributed by atoms with Crippen molar-refractivity contribution in [2.24, 2.45) is 0 Å². The third kappa shape index (κ3) is 20.9. The van der Waals surface area contributed by atoms with E-state index in [1.807, 2.05) is 36.3 Å². The van der Waals surface area contributed by atoms with Crippen molar-refractivity contribution in [2.45, 2.75) is 142 Å². The Morgan fingerprint density at radius 2 is 1.09 bits per heavy atom. The number of fused-ring (bicyclic) bond motifs is 2. The van der Waals surface area contributed by atoms with E-state index >= 15 is 0 Å². The number of alkyl carbamates (subject to hydrolysis) is 1. The molecule has 5 rings (SSSR count). The largest absolute Gasteiger partial charge is 0.444 e. The maximum atomic E-state index is 12.3. The summed E-state index contributed by atoms with van der Waals surface area (Å²) >= 11 is 13.4. The summed E-state index contributed by atoms with van der Waals surface area (Å²) in [6.45, 7) is 39.8. The second-order valence-electron chi connectivity index (χ2n) is 23.4. The van der Waals surface area contributed by atoms with Crippen LogP contribution in [-0.2, 0) is 23.7 Å². The number of hydrogen-bond acceptors (Lipinski definition) is 13. The van der Waals surface area contributed by atoms with Crippen LogP contribution in [-0.4, -0.2) is 146 Å². The highest BCUT2D eigenvalue weighted by Gasteiger charge is 2.29. The number of halogens is 3. The van der Waals surface area contributed by atoms with Gasteiger partial charge in [0, 0.05) is 83.9 Å². The monoisotopic (exact) mass is 1160 g/mol. The van der Waals surface area contributed by atoms with Gasteiger partial charge in [0.05, 0.1) is 27.4 Å². The number of carbonyl (C=O) groups is 1. The molecule has 16 nitrogen and oxygen atoms in total. The first-order chi connectivity index (χ1) is 31.5. The van der Waals surface area contributed by atoms with Gasteiger partial charge in [-0.2, -0.15) is 19.2 Å². The molecule has 1 N–H and O–H groups in total. The van der Waals surface area contributed by atoms with Gasteiger partial charge >= 0.3 is 6.09 Å². The van der Waals surface area contributed by atoms with Crippen molar-refractivity contribution in [2.75, 3.05) is 81.1 Å². The van der Waals surface area contributed by atoms with Crippen molar-refractivity contribution < 1.29 is 28.5 Å². The predicted octanol–water partition coefficient (Wildman–Crippen LogP) is 11.6. The maximum absolute atomic E-state index is 12.3. The quantitative estimate of drug-likeness (QED) is 0.0308. The highest BCUT2D eigenvalue weighted by molar-refractivity contribution is 9.11. The van der Waals surface area contributed by atoms with E-state index in [-0.39, 0.29) is 12.1 Å². The molecule has 5 heterocycles. The summed E-state index contributed by atoms with van der Waals surface area (Å²) in [6.07, 6.45) is 3.91. The molecule has 1 saturated heterocycles. The fraction of sp³-hybridized carbons (Fsp3) is 0.711. The normalized spacial score (nSPS) is 15.0. The summed E-state index contributed by atoms with van der Waals surface area (Å²) in [5.41, 5.74) is 0.873. The van der Waals surface area contributed by atoms with Crippen LogP contribution < -0.4 is 20.0 Å². The first-order valence-electron chi connectivity index (χ1n) is 23.8. The molecule has 1 atom stereocenters. The molecule has 0 saturated carbocycles. The standard InChI is InChI=1S/C27H49BrN6O4Si2.C18H32BrClN4O2Si2/c1-27(2,3)38-26(35)30-21-10-11-32(18-21)23-16-24(34-25(31-23)22(28)17-29-34)33(19-36-12-14-39(4,5)6)20-37-13-15-40(7,8)9;1-27(2,3)9-7-25-13-23(14-26-8-10-28(4,5)6)17-11-16(20)22-18-15(19)12-21-24(17)18/h16-17,21H,10-15,18-20H2,1-9H3,(H,30,35);11-12H,7-10,13-14H2,1-6H3/t21-;/m0./s1. The zero-order chi connectivity index (χ0) is 50.7. The summed E-state index contributed by atoms with van der Waals surface area (Å²) in [7, 11) is -4.69. The van der Waals surface area contributed by atoms with E-state index < -0.39 is 37.9 Å². The Labute approximate surface area is 432 Å². The van der Waals surface area contributed by atoms with Crippen LogP contribution in [0.25, 0.3) is 11.3 Å². The lowest BCUT2D eigenvalue weighted by Crippen LogP contribution is -2.40. The van der Waals surface area contributed by atoms with E-state index in [0.29, 0.717) is 44.3 Å². The fourth-order valence-corrected chi connectivity index (χ4v) is 10.4. The summed E-state index contributed by atoms with van der Waals surface area (Å²) in [5.74, 6) is 2.49. The van der Waals surface area contributed by atoms with Gasteiger partial charge in [-0.1, -0.05) is 90.2 Å². The van der Waals surface area contributed by atoms with E-state index in [1.54, 1.807) is 23.0 Å². The molecule has 68 heavy (non-hydrogen) atoms. The van der Waals surface area contributed by atoms with E-state index in [0.717, 1.165) is 95.6 Å². The molecule has 0 bridgehead atoms. The Morgan fingerprint density at radius 3 is 1.49 bits per heavy atom. The van der Waals surface area contributed by atoms with Gasteiger partial charge in [0.15, 0.2) is 11.3 Å². The van der Waals surface area contributed by atoms with Gasteiger partial charge in [-0.3, -0.25) is 0 Å². The topological polar surface area (TPSA) is 145 Å². The van der Waals surface area contributed by atoms with Crippen molar-refractivity contribution in [3.05, 3.63) is 38.6 Å². The van der Waals surface area contributed by atoms with Crippen LogP contribution in [0.3, 0.4) is 0 Å². The Balaban J connectivity index is 0.000000316. The summed E-state index contributed by atoms with van der Waals surface area (Å²) in [4.78, 5) is 27.9. The molecule has 4 aromatic heterocycles. The van der Waals surface area contributed by atoms with Crippen molar-refractivity contribution >= 4 is 111 Å². The number of amides is 1. The lowest BCUT2D eigenvalue weighted by Gasteiger charge is -2.28. The maximum Gasteiger partial charge on any atom is 0.407 e. The number of nitrogens with one attached hydrogen (secondary N) is 1. The van der Waals surface area contributed by atoms with Gasteiger partial charge in [0.25, 0.3) is 0 Å². The lowest BCUT2D eigenvalue weighted by atomic mass is 10.2. The predicted molar refractivity (Wildman–Crippen MR) is 297 cm³/mol. The van der Waals surface area contributed by atoms with Crippen molar-refractivity contribution in [1.29, 1.82) is 0 Å². The number of rotatable bonds is 24. The van der Waals surface area contributed by atoms with Crippen LogP contribution >= 0.6 is 43.5 Å². The Morgan fingerprint density at radius 1 is 0.691 bits per heavy atom. The van der Waals surface area contributed by atoms with Crippen molar-refractivity contribution in [3.63, 3.8) is 0 Å². The molecule has 1 aliphatic rings. The minimum Gasteiger partial charge on any atom is -0.444 e.